The Morgan fingerprint density at radius 2 is 2.33 bits per heavy atom. The molecule has 0 aromatic rings. The molecule has 0 spiro atoms. The summed E-state index contributed by atoms with van der Waals surface area (Å²) in [5, 5.41) is 8.12. The third kappa shape index (κ3) is 3.92. The topological polar surface area (TPSA) is 23.5 Å². The molecule has 0 amide bonds. The summed E-state index contributed by atoms with van der Waals surface area (Å²) in [5.74, 6) is 0. The first kappa shape index (κ1) is 5.92. The molecule has 1 N–H and O–H groups in total. The number of rotatable bonds is 2. The predicted octanol–water partition coefficient (Wildman–Crippen LogP) is -0.421. The lowest BCUT2D eigenvalue weighted by Gasteiger charge is -2.02. The molecule has 36 valence electrons. The second kappa shape index (κ2) is 3.12. The van der Waals surface area contributed by atoms with E-state index < -0.39 is 0 Å². The van der Waals surface area contributed by atoms with Gasteiger partial charge in [0.2, 0.25) is 0 Å². The predicted molar refractivity (Wildman–Crippen MR) is 24.0 cm³/mol. The maximum atomic E-state index is 8.12. The largest absolute Gasteiger partial charge is 0.395 e. The van der Waals surface area contributed by atoms with Gasteiger partial charge in [-0.2, -0.15) is 0 Å². The standard InChI is InChI=1S/C4H9NO/c1-5(2)3-4-6/h1,6H,3-4H2,2H3. The normalized spacial score (nSPS) is 10.0. The van der Waals surface area contributed by atoms with E-state index in [-0.39, 0.29) is 6.61 Å². The molecule has 0 aromatic carbocycles. The number of aliphatic hydroxyl groups excluding tert-OH is 1. The molecule has 6 heavy (non-hydrogen) atoms. The molecule has 0 rings (SSSR count). The van der Waals surface area contributed by atoms with E-state index in [9.17, 15) is 0 Å². The van der Waals surface area contributed by atoms with Crippen LogP contribution in [0.25, 0.3) is 0 Å². The van der Waals surface area contributed by atoms with Crippen molar-refractivity contribution in [3.63, 3.8) is 0 Å². The number of aliphatic hydroxyl groups is 1. The molecule has 0 atom stereocenters. The molecule has 2 nitrogen and oxygen atoms in total. The Bertz CT molecular complexity index is 28.7. The van der Waals surface area contributed by atoms with Crippen LogP contribution in [0.5, 0.6) is 0 Å². The second-order valence-corrected chi connectivity index (χ2v) is 1.20. The van der Waals surface area contributed by atoms with Crippen molar-refractivity contribution >= 4 is 0 Å². The average Bonchev–Trinajstić information content (AvgIpc) is 1.35. The summed E-state index contributed by atoms with van der Waals surface area (Å²) in [4.78, 5) is 1.43. The number of likely N-dealkylation sites (N-methyl/N-ethyl adjacent to an activating group) is 1. The molecule has 0 aliphatic carbocycles. The molecule has 0 unspecified atom stereocenters. The zero-order chi connectivity index (χ0) is 4.99. The quantitative estimate of drug-likeness (QED) is 0.462. The van der Waals surface area contributed by atoms with E-state index >= 15 is 0 Å². The van der Waals surface area contributed by atoms with Gasteiger partial charge in [0.05, 0.1) is 6.61 Å². The zero-order valence-electron chi connectivity index (χ0n) is 3.89. The van der Waals surface area contributed by atoms with E-state index in [0.717, 1.165) is 0 Å². The SMILES string of the molecule is [CH]N(C)CCO. The van der Waals surface area contributed by atoms with E-state index in [1.54, 1.807) is 7.05 Å². The minimum absolute atomic E-state index is 0.132. The first-order valence-electron chi connectivity index (χ1n) is 1.84. The van der Waals surface area contributed by atoms with Crippen LogP contribution >= 0.6 is 0 Å². The molecule has 2 heteroatoms. The molecular weight excluding hydrogens is 78.0 g/mol. The lowest BCUT2D eigenvalue weighted by atomic mass is 10.6. The van der Waals surface area contributed by atoms with Gasteiger partial charge < -0.3 is 5.11 Å². The van der Waals surface area contributed by atoms with Crippen LogP contribution in [0.1, 0.15) is 0 Å². The Hall–Kier alpha value is -0.0800. The lowest BCUT2D eigenvalue weighted by molar-refractivity contribution is 0.253. The van der Waals surface area contributed by atoms with Gasteiger partial charge >= 0.3 is 0 Å². The number of hydrogen-bond donors (Lipinski definition) is 1. The fourth-order valence-electron chi connectivity index (χ4n) is 0.158. The Morgan fingerprint density at radius 1 is 1.83 bits per heavy atom. The van der Waals surface area contributed by atoms with E-state index in [1.807, 2.05) is 0 Å². The maximum Gasteiger partial charge on any atom is 0.0558 e. The van der Waals surface area contributed by atoms with Gasteiger partial charge in [-0.15, -0.1) is 0 Å². The highest BCUT2D eigenvalue weighted by atomic mass is 16.3. The monoisotopic (exact) mass is 87.1 g/mol. The fraction of sp³-hybridized carbons (Fsp3) is 0.750. The van der Waals surface area contributed by atoms with Crippen LogP contribution in [0, 0.1) is 7.05 Å². The lowest BCUT2D eigenvalue weighted by Crippen LogP contribution is -2.13. The number of hydrogen-bond acceptors (Lipinski definition) is 2. The molecule has 0 heterocycles. The van der Waals surface area contributed by atoms with Crippen LogP contribution in [0.15, 0.2) is 0 Å². The van der Waals surface area contributed by atoms with Crippen molar-refractivity contribution in [3.05, 3.63) is 7.05 Å². The average molecular weight is 87.1 g/mol. The van der Waals surface area contributed by atoms with Gasteiger partial charge in [0.25, 0.3) is 0 Å². The van der Waals surface area contributed by atoms with E-state index in [0.29, 0.717) is 6.54 Å². The first-order chi connectivity index (χ1) is 2.77. The molecule has 0 bridgehead atoms. The van der Waals surface area contributed by atoms with Gasteiger partial charge in [0.1, 0.15) is 0 Å². The molecule has 0 aromatic heterocycles. The van der Waals surface area contributed by atoms with Gasteiger partial charge in [-0.3, -0.25) is 4.90 Å². The van der Waals surface area contributed by atoms with Crippen molar-refractivity contribution in [3.8, 4) is 0 Å². The van der Waals surface area contributed by atoms with Gasteiger partial charge in [0, 0.05) is 13.6 Å². The highest BCUT2D eigenvalue weighted by Crippen LogP contribution is 1.69. The smallest absolute Gasteiger partial charge is 0.0558 e. The Balaban J connectivity index is 2.63. The molecule has 0 fully saturated rings. The van der Waals surface area contributed by atoms with Gasteiger partial charge in [0.15, 0.2) is 0 Å². The fourth-order valence-corrected chi connectivity index (χ4v) is 0.158. The van der Waals surface area contributed by atoms with Crippen LogP contribution in [-0.2, 0) is 0 Å². The maximum absolute atomic E-state index is 8.12. The molecule has 0 saturated heterocycles. The summed E-state index contributed by atoms with van der Waals surface area (Å²) in [6.07, 6.45) is 0. The third-order valence-corrected chi connectivity index (χ3v) is 0.453. The van der Waals surface area contributed by atoms with Crippen LogP contribution in [-0.4, -0.2) is 30.2 Å². The summed E-state index contributed by atoms with van der Waals surface area (Å²) < 4.78 is 0. The summed E-state index contributed by atoms with van der Waals surface area (Å²) in [6, 6.07) is 0. The summed E-state index contributed by atoms with van der Waals surface area (Å²) >= 11 is 0. The molecule has 0 saturated carbocycles. The van der Waals surface area contributed by atoms with Gasteiger partial charge in [-0.05, 0) is 7.05 Å². The summed E-state index contributed by atoms with van der Waals surface area (Å²) in [5.41, 5.74) is 0. The number of nitrogens with zero attached hydrogens (tertiary/aromatic N) is 1. The van der Waals surface area contributed by atoms with Crippen LogP contribution < -0.4 is 0 Å². The Morgan fingerprint density at radius 3 is 2.33 bits per heavy atom. The van der Waals surface area contributed by atoms with Crippen molar-refractivity contribution in [1.29, 1.82) is 0 Å². The Kier molecular flexibility index (Phi) is 3.08. The van der Waals surface area contributed by atoms with Gasteiger partial charge in [-0.25, -0.2) is 0 Å². The third-order valence-electron chi connectivity index (χ3n) is 0.453. The molecule has 2 radical (unpaired) electrons. The highest BCUT2D eigenvalue weighted by Gasteiger charge is 1.81. The van der Waals surface area contributed by atoms with Crippen molar-refractivity contribution < 1.29 is 5.11 Å². The van der Waals surface area contributed by atoms with Gasteiger partial charge in [-0.1, -0.05) is 0 Å². The summed E-state index contributed by atoms with van der Waals surface area (Å²) in [7, 11) is 6.78. The van der Waals surface area contributed by atoms with Crippen LogP contribution in [0.2, 0.25) is 0 Å². The van der Waals surface area contributed by atoms with Crippen molar-refractivity contribution in [2.45, 2.75) is 0 Å². The van der Waals surface area contributed by atoms with E-state index in [4.69, 9.17) is 12.2 Å². The highest BCUT2D eigenvalue weighted by molar-refractivity contribution is 4.40. The minimum Gasteiger partial charge on any atom is -0.395 e. The van der Waals surface area contributed by atoms with Crippen molar-refractivity contribution in [1.82, 2.24) is 4.90 Å². The molecule has 0 aliphatic heterocycles. The van der Waals surface area contributed by atoms with Crippen LogP contribution in [0.4, 0.5) is 0 Å². The minimum atomic E-state index is 0.132. The second-order valence-electron chi connectivity index (χ2n) is 1.20. The van der Waals surface area contributed by atoms with Crippen LogP contribution in [0.3, 0.4) is 0 Å². The van der Waals surface area contributed by atoms with E-state index in [2.05, 4.69) is 0 Å². The first-order valence-corrected chi connectivity index (χ1v) is 1.84. The van der Waals surface area contributed by atoms with Crippen molar-refractivity contribution in [2.24, 2.45) is 0 Å². The molecule has 0 aliphatic rings. The van der Waals surface area contributed by atoms with Crippen molar-refractivity contribution in [2.75, 3.05) is 20.2 Å². The molecular formula is C4H9NO. The zero-order valence-corrected chi connectivity index (χ0v) is 3.89. The Labute approximate surface area is 38.4 Å². The summed E-state index contributed by atoms with van der Waals surface area (Å²) in [6.45, 7) is 0.674. The van der Waals surface area contributed by atoms with E-state index in [1.165, 1.54) is 4.90 Å².